The van der Waals surface area contributed by atoms with Gasteiger partial charge in [-0.2, -0.15) is 4.98 Å². The molecule has 0 fully saturated rings. The van der Waals surface area contributed by atoms with Crippen LogP contribution in [0.3, 0.4) is 0 Å². The third-order valence-corrected chi connectivity index (χ3v) is 2.60. The Labute approximate surface area is 114 Å². The van der Waals surface area contributed by atoms with Crippen LogP contribution in [0.15, 0.2) is 30.6 Å². The molecule has 0 amide bonds. The summed E-state index contributed by atoms with van der Waals surface area (Å²) >= 11 is 0. The van der Waals surface area contributed by atoms with E-state index in [0.29, 0.717) is 12.2 Å². The van der Waals surface area contributed by atoms with Crippen molar-refractivity contribution in [2.24, 2.45) is 0 Å². The smallest absolute Gasteiger partial charge is 0.372 e. The molecule has 0 unspecified atom stereocenters. The highest BCUT2D eigenvalue weighted by Gasteiger charge is 2.23. The highest BCUT2D eigenvalue weighted by atomic mass is 16.6. The molecule has 20 heavy (non-hydrogen) atoms. The lowest BCUT2D eigenvalue weighted by atomic mass is 10.2. The molecule has 0 saturated heterocycles. The molecule has 1 aromatic carbocycles. The van der Waals surface area contributed by atoms with E-state index in [1.807, 2.05) is 12.1 Å². The van der Waals surface area contributed by atoms with Crippen LogP contribution < -0.4 is 15.8 Å². The standard InChI is InChI=1S/C12H13N5O3/c1-20-12-10(17(18)19)11(15-7-16-12)14-6-8-2-4-9(13)5-3-8/h2-5,7H,6,13H2,1H3,(H,14,15,16). The number of anilines is 2. The minimum atomic E-state index is -0.579. The van der Waals surface area contributed by atoms with E-state index in [-0.39, 0.29) is 17.4 Å². The average molecular weight is 275 g/mol. The summed E-state index contributed by atoms with van der Waals surface area (Å²) in [5.41, 5.74) is 6.88. The van der Waals surface area contributed by atoms with E-state index >= 15 is 0 Å². The van der Waals surface area contributed by atoms with Gasteiger partial charge in [0.25, 0.3) is 5.88 Å². The Kier molecular flexibility index (Phi) is 3.94. The molecule has 8 heteroatoms. The quantitative estimate of drug-likeness (QED) is 0.483. The number of ether oxygens (including phenoxy) is 1. The van der Waals surface area contributed by atoms with Gasteiger partial charge in [0, 0.05) is 12.2 Å². The van der Waals surface area contributed by atoms with Crippen LogP contribution >= 0.6 is 0 Å². The minimum Gasteiger partial charge on any atom is -0.476 e. The average Bonchev–Trinajstić information content (AvgIpc) is 2.46. The number of nitrogens with zero attached hydrogens (tertiary/aromatic N) is 3. The zero-order chi connectivity index (χ0) is 14.5. The Morgan fingerprint density at radius 2 is 2.05 bits per heavy atom. The zero-order valence-corrected chi connectivity index (χ0v) is 10.7. The molecule has 8 nitrogen and oxygen atoms in total. The van der Waals surface area contributed by atoms with Crippen LogP contribution in [0.2, 0.25) is 0 Å². The van der Waals surface area contributed by atoms with E-state index in [2.05, 4.69) is 15.3 Å². The second-order valence-electron chi connectivity index (χ2n) is 3.93. The Balaban J connectivity index is 2.21. The third-order valence-electron chi connectivity index (χ3n) is 2.60. The van der Waals surface area contributed by atoms with Crippen molar-refractivity contribution in [3.63, 3.8) is 0 Å². The van der Waals surface area contributed by atoms with Gasteiger partial charge in [0.15, 0.2) is 0 Å². The van der Waals surface area contributed by atoms with Crippen molar-refractivity contribution < 1.29 is 9.66 Å². The number of benzene rings is 1. The molecular formula is C12H13N5O3. The molecule has 0 aliphatic carbocycles. The fourth-order valence-electron chi connectivity index (χ4n) is 1.63. The molecule has 0 bridgehead atoms. The molecule has 2 aromatic rings. The Morgan fingerprint density at radius 3 is 2.65 bits per heavy atom. The molecule has 0 spiro atoms. The second-order valence-corrected chi connectivity index (χ2v) is 3.93. The maximum atomic E-state index is 11.0. The fraction of sp³-hybridized carbons (Fsp3) is 0.167. The van der Waals surface area contributed by atoms with E-state index < -0.39 is 4.92 Å². The number of hydrogen-bond donors (Lipinski definition) is 2. The summed E-state index contributed by atoms with van der Waals surface area (Å²) in [4.78, 5) is 18.1. The van der Waals surface area contributed by atoms with Crippen LogP contribution in [0.25, 0.3) is 0 Å². The van der Waals surface area contributed by atoms with Crippen LogP contribution in [-0.2, 0) is 6.54 Å². The minimum absolute atomic E-state index is 0.0789. The number of hydrogen-bond acceptors (Lipinski definition) is 7. The van der Waals surface area contributed by atoms with Crippen LogP contribution in [0.4, 0.5) is 17.2 Å². The number of methoxy groups -OCH3 is 1. The van der Waals surface area contributed by atoms with E-state index in [4.69, 9.17) is 10.5 Å². The van der Waals surface area contributed by atoms with Crippen LogP contribution in [0.5, 0.6) is 5.88 Å². The first-order valence-electron chi connectivity index (χ1n) is 5.73. The molecule has 0 saturated carbocycles. The summed E-state index contributed by atoms with van der Waals surface area (Å²) in [6.07, 6.45) is 1.21. The number of rotatable bonds is 5. The van der Waals surface area contributed by atoms with Crippen molar-refractivity contribution in [2.45, 2.75) is 6.54 Å². The monoisotopic (exact) mass is 275 g/mol. The van der Waals surface area contributed by atoms with Gasteiger partial charge in [-0.25, -0.2) is 4.98 Å². The fourth-order valence-corrected chi connectivity index (χ4v) is 1.63. The molecule has 2 rings (SSSR count). The van der Waals surface area contributed by atoms with E-state index in [1.54, 1.807) is 12.1 Å². The largest absolute Gasteiger partial charge is 0.476 e. The van der Waals surface area contributed by atoms with Gasteiger partial charge in [-0.1, -0.05) is 12.1 Å². The molecule has 0 atom stereocenters. The van der Waals surface area contributed by atoms with Gasteiger partial charge >= 0.3 is 5.69 Å². The summed E-state index contributed by atoms with van der Waals surface area (Å²) in [5, 5.41) is 13.9. The van der Waals surface area contributed by atoms with Gasteiger partial charge in [0.1, 0.15) is 6.33 Å². The topological polar surface area (TPSA) is 116 Å². The van der Waals surface area contributed by atoms with Gasteiger partial charge in [-0.3, -0.25) is 10.1 Å². The lowest BCUT2D eigenvalue weighted by molar-refractivity contribution is -0.385. The molecule has 1 heterocycles. The summed E-state index contributed by atoms with van der Waals surface area (Å²) < 4.78 is 4.87. The van der Waals surface area contributed by atoms with Gasteiger partial charge < -0.3 is 15.8 Å². The normalized spacial score (nSPS) is 10.1. The van der Waals surface area contributed by atoms with Gasteiger partial charge in [-0.05, 0) is 17.7 Å². The summed E-state index contributed by atoms with van der Waals surface area (Å²) in [5.74, 6) is 0.0310. The lowest BCUT2D eigenvalue weighted by Gasteiger charge is -2.08. The molecule has 3 N–H and O–H groups in total. The number of nitro groups is 1. The van der Waals surface area contributed by atoms with E-state index in [9.17, 15) is 10.1 Å². The maximum absolute atomic E-state index is 11.0. The van der Waals surface area contributed by atoms with Crippen LogP contribution in [-0.4, -0.2) is 22.0 Å². The summed E-state index contributed by atoms with van der Waals surface area (Å²) in [6, 6.07) is 7.16. The predicted molar refractivity (Wildman–Crippen MR) is 73.4 cm³/mol. The van der Waals surface area contributed by atoms with Crippen molar-refractivity contribution in [2.75, 3.05) is 18.2 Å². The Hall–Kier alpha value is -2.90. The predicted octanol–water partition coefficient (Wildman–Crippen LogP) is 1.59. The number of nitrogen functional groups attached to an aromatic ring is 1. The number of nitrogens with one attached hydrogen (secondary N) is 1. The molecular weight excluding hydrogens is 262 g/mol. The molecule has 104 valence electrons. The number of aromatic nitrogens is 2. The van der Waals surface area contributed by atoms with E-state index in [0.717, 1.165) is 5.56 Å². The van der Waals surface area contributed by atoms with Gasteiger partial charge in [0.2, 0.25) is 5.82 Å². The van der Waals surface area contributed by atoms with Crippen molar-refractivity contribution in [3.05, 3.63) is 46.3 Å². The lowest BCUT2D eigenvalue weighted by Crippen LogP contribution is -2.07. The van der Waals surface area contributed by atoms with Crippen molar-refractivity contribution in [3.8, 4) is 5.88 Å². The SMILES string of the molecule is COc1ncnc(NCc2ccc(N)cc2)c1[N+](=O)[O-]. The second kappa shape index (κ2) is 5.83. The third kappa shape index (κ3) is 2.91. The van der Waals surface area contributed by atoms with Crippen molar-refractivity contribution in [1.82, 2.24) is 9.97 Å². The van der Waals surface area contributed by atoms with Gasteiger partial charge in [-0.15, -0.1) is 0 Å². The van der Waals surface area contributed by atoms with Gasteiger partial charge in [0.05, 0.1) is 12.0 Å². The summed E-state index contributed by atoms with van der Waals surface area (Å²) in [7, 11) is 1.32. The Morgan fingerprint density at radius 1 is 1.35 bits per heavy atom. The van der Waals surface area contributed by atoms with Crippen LogP contribution in [0.1, 0.15) is 5.56 Å². The first-order valence-corrected chi connectivity index (χ1v) is 5.73. The highest BCUT2D eigenvalue weighted by Crippen LogP contribution is 2.30. The number of nitrogens with two attached hydrogens (primary N) is 1. The zero-order valence-electron chi connectivity index (χ0n) is 10.7. The maximum Gasteiger partial charge on any atom is 0.372 e. The van der Waals surface area contributed by atoms with Crippen molar-refractivity contribution >= 4 is 17.2 Å². The highest BCUT2D eigenvalue weighted by molar-refractivity contribution is 5.61. The Bertz CT molecular complexity index is 615. The molecule has 0 radical (unpaired) electrons. The first kappa shape index (κ1) is 13.5. The van der Waals surface area contributed by atoms with E-state index in [1.165, 1.54) is 13.4 Å². The van der Waals surface area contributed by atoms with Crippen molar-refractivity contribution in [1.29, 1.82) is 0 Å². The summed E-state index contributed by atoms with van der Waals surface area (Å²) in [6.45, 7) is 0.376. The molecule has 0 aliphatic rings. The molecule has 1 aromatic heterocycles. The first-order chi connectivity index (χ1) is 9.61. The molecule has 0 aliphatic heterocycles. The van der Waals surface area contributed by atoms with Crippen LogP contribution in [0, 0.1) is 10.1 Å².